The minimum atomic E-state index is -0.571. The zero-order valence-electron chi connectivity index (χ0n) is 5.93. The number of nitrogens with zero attached hydrogens (tertiary/aromatic N) is 1. The van der Waals surface area contributed by atoms with Crippen LogP contribution in [0.5, 0.6) is 0 Å². The number of amides is 1. The highest BCUT2D eigenvalue weighted by Crippen LogP contribution is 2.03. The Bertz CT molecular complexity index is 144. The molecule has 0 aromatic carbocycles. The lowest BCUT2D eigenvalue weighted by Crippen LogP contribution is -3.00. The molecule has 1 aliphatic heterocycles. The molecule has 3 N–H and O–H groups in total. The van der Waals surface area contributed by atoms with E-state index in [1.165, 1.54) is 0 Å². The first kappa shape index (κ1) is 10.6. The van der Waals surface area contributed by atoms with E-state index in [0.717, 1.165) is 5.06 Å². The smallest absolute Gasteiger partial charge is 0.306 e. The average Bonchev–Trinajstić information content (AvgIpc) is 2.20. The van der Waals surface area contributed by atoms with Gasteiger partial charge in [-0.3, -0.25) is 9.63 Å². The predicted octanol–water partition coefficient (Wildman–Crippen LogP) is -4.66. The van der Waals surface area contributed by atoms with Crippen LogP contribution in [0, 0.1) is 0 Å². The number of alkyl halides is 1. The molecule has 4 nitrogen and oxygen atoms in total. The van der Waals surface area contributed by atoms with Crippen molar-refractivity contribution < 1.29 is 32.2 Å². The van der Waals surface area contributed by atoms with Crippen molar-refractivity contribution in [3.05, 3.63) is 0 Å². The lowest BCUT2D eigenvalue weighted by atomic mass is 10.3. The fourth-order valence-corrected chi connectivity index (χ4v) is 0.770. The quantitative estimate of drug-likeness (QED) is 0.469. The summed E-state index contributed by atoms with van der Waals surface area (Å²) < 4.78 is 11.7. The summed E-state index contributed by atoms with van der Waals surface area (Å²) in [5, 5.41) is 1.03. The molecule has 1 saturated heterocycles. The van der Waals surface area contributed by atoms with E-state index in [0.29, 0.717) is 0 Å². The van der Waals surface area contributed by atoms with Gasteiger partial charge in [-0.25, -0.2) is 9.45 Å². The molecule has 0 radical (unpaired) electrons. The number of carbonyl (C=O) groups is 1. The normalized spacial score (nSPS) is 23.6. The summed E-state index contributed by atoms with van der Waals surface area (Å²) in [6.45, 7) is -0.276. The van der Waals surface area contributed by atoms with Crippen LogP contribution in [0.2, 0.25) is 0 Å². The van der Waals surface area contributed by atoms with Crippen molar-refractivity contribution in [2.45, 2.75) is 6.04 Å². The van der Waals surface area contributed by atoms with Gasteiger partial charge < -0.3 is 18.1 Å². The Morgan fingerprint density at radius 2 is 2.45 bits per heavy atom. The molecule has 0 bridgehead atoms. The Kier molecular flexibility index (Phi) is 4.32. The molecule has 0 spiro atoms. The van der Waals surface area contributed by atoms with E-state index in [1.54, 1.807) is 0 Å². The summed E-state index contributed by atoms with van der Waals surface area (Å²) >= 11 is 0. The molecule has 1 unspecified atom stereocenters. The minimum absolute atomic E-state index is 0. The first-order valence-corrected chi connectivity index (χ1v) is 3.09. The highest BCUT2D eigenvalue weighted by atomic mass is 35.5. The Labute approximate surface area is 69.8 Å². The maximum absolute atomic E-state index is 11.7. The molecule has 1 heterocycles. The molecule has 66 valence electrons. The van der Waals surface area contributed by atoms with Gasteiger partial charge in [0.05, 0.1) is 6.54 Å². The molecule has 1 fully saturated rings. The lowest BCUT2D eigenvalue weighted by Gasteiger charge is -2.09. The van der Waals surface area contributed by atoms with Crippen molar-refractivity contribution in [2.24, 2.45) is 0 Å². The predicted molar refractivity (Wildman–Crippen MR) is 30.3 cm³/mol. The van der Waals surface area contributed by atoms with Crippen molar-refractivity contribution >= 4 is 5.91 Å². The summed E-state index contributed by atoms with van der Waals surface area (Å²) in [6, 6.07) is -0.355. The van der Waals surface area contributed by atoms with Crippen LogP contribution in [0.15, 0.2) is 0 Å². The first-order valence-electron chi connectivity index (χ1n) is 3.09. The van der Waals surface area contributed by atoms with Gasteiger partial charge in [0.25, 0.3) is 0 Å². The van der Waals surface area contributed by atoms with Gasteiger partial charge in [0.1, 0.15) is 13.3 Å². The monoisotopic (exact) mass is 184 g/mol. The molecule has 0 aromatic heterocycles. The maximum Gasteiger partial charge on any atom is 0.306 e. The lowest BCUT2D eigenvalue weighted by molar-refractivity contribution is -0.402. The zero-order valence-corrected chi connectivity index (χ0v) is 6.68. The Morgan fingerprint density at radius 3 is 2.82 bits per heavy atom. The van der Waals surface area contributed by atoms with Gasteiger partial charge in [0.2, 0.25) is 0 Å². The van der Waals surface area contributed by atoms with E-state index in [1.807, 2.05) is 0 Å². The van der Waals surface area contributed by atoms with Crippen molar-refractivity contribution in [1.29, 1.82) is 0 Å². The van der Waals surface area contributed by atoms with Crippen molar-refractivity contribution in [3.8, 4) is 0 Å². The molecule has 1 rings (SSSR count). The van der Waals surface area contributed by atoms with Gasteiger partial charge in [0, 0.05) is 0 Å². The van der Waals surface area contributed by atoms with Gasteiger partial charge in [-0.1, -0.05) is 0 Å². The summed E-state index contributed by atoms with van der Waals surface area (Å²) in [4.78, 5) is 15.7. The SMILES string of the molecule is [Cl-].[NH3+]C1CON(CCF)C1=O. The topological polar surface area (TPSA) is 57.2 Å². The van der Waals surface area contributed by atoms with Crippen LogP contribution in [0.1, 0.15) is 0 Å². The van der Waals surface area contributed by atoms with Crippen molar-refractivity contribution in [3.63, 3.8) is 0 Å². The highest BCUT2D eigenvalue weighted by molar-refractivity contribution is 5.80. The van der Waals surface area contributed by atoms with Gasteiger partial charge in [-0.15, -0.1) is 0 Å². The van der Waals surface area contributed by atoms with Crippen molar-refractivity contribution in [2.75, 3.05) is 19.8 Å². The number of hydrogen-bond donors (Lipinski definition) is 1. The van der Waals surface area contributed by atoms with E-state index in [-0.39, 0.29) is 37.5 Å². The Morgan fingerprint density at radius 1 is 1.82 bits per heavy atom. The number of halogens is 2. The molecule has 11 heavy (non-hydrogen) atoms. The molecule has 0 aromatic rings. The number of rotatable bonds is 2. The van der Waals surface area contributed by atoms with Crippen LogP contribution in [0.4, 0.5) is 4.39 Å². The molecule has 6 heteroatoms. The fourth-order valence-electron chi connectivity index (χ4n) is 0.770. The second kappa shape index (κ2) is 4.48. The molecule has 1 amide bonds. The van der Waals surface area contributed by atoms with Gasteiger partial charge in [0.15, 0.2) is 6.04 Å². The van der Waals surface area contributed by atoms with Gasteiger partial charge >= 0.3 is 5.91 Å². The van der Waals surface area contributed by atoms with Crippen LogP contribution in [0.25, 0.3) is 0 Å². The third kappa shape index (κ3) is 2.28. The minimum Gasteiger partial charge on any atom is -1.00 e. The fraction of sp³-hybridized carbons (Fsp3) is 0.800. The van der Waals surface area contributed by atoms with E-state index in [9.17, 15) is 9.18 Å². The summed E-state index contributed by atoms with van der Waals surface area (Å²) in [5.74, 6) is -0.224. The van der Waals surface area contributed by atoms with E-state index in [2.05, 4.69) is 5.73 Å². The van der Waals surface area contributed by atoms with Crippen LogP contribution >= 0.6 is 0 Å². The number of hydrogen-bond acceptors (Lipinski definition) is 2. The second-order valence-electron chi connectivity index (χ2n) is 2.12. The largest absolute Gasteiger partial charge is 1.00 e. The molecule has 1 aliphatic rings. The summed E-state index contributed by atoms with van der Waals surface area (Å²) in [6.07, 6.45) is 0. The third-order valence-corrected chi connectivity index (χ3v) is 1.31. The van der Waals surface area contributed by atoms with Crippen molar-refractivity contribution in [1.82, 2.24) is 5.06 Å². The van der Waals surface area contributed by atoms with Crippen LogP contribution < -0.4 is 18.1 Å². The van der Waals surface area contributed by atoms with Crippen LogP contribution in [0.3, 0.4) is 0 Å². The standard InChI is InChI=1S/C5H9FN2O2.ClH/c6-1-2-8-5(9)4(7)3-10-8;/h4H,1-3,7H2;1H. The van der Waals surface area contributed by atoms with E-state index in [4.69, 9.17) is 4.84 Å². The number of quaternary nitrogens is 1. The summed E-state index contributed by atoms with van der Waals surface area (Å²) in [5.41, 5.74) is 3.51. The van der Waals surface area contributed by atoms with E-state index < -0.39 is 6.67 Å². The highest BCUT2D eigenvalue weighted by Gasteiger charge is 2.32. The molecule has 0 saturated carbocycles. The zero-order chi connectivity index (χ0) is 7.56. The molecule has 1 atom stereocenters. The van der Waals surface area contributed by atoms with Gasteiger partial charge in [-0.2, -0.15) is 0 Å². The average molecular weight is 185 g/mol. The van der Waals surface area contributed by atoms with Crippen LogP contribution in [-0.2, 0) is 9.63 Å². The second-order valence-corrected chi connectivity index (χ2v) is 2.12. The molecular formula is C5H10ClFN2O2. The third-order valence-electron chi connectivity index (χ3n) is 1.31. The maximum atomic E-state index is 11.7. The number of carbonyl (C=O) groups excluding carboxylic acids is 1. The van der Waals surface area contributed by atoms with Gasteiger partial charge in [-0.05, 0) is 0 Å². The van der Waals surface area contributed by atoms with E-state index >= 15 is 0 Å². The Hall–Kier alpha value is -0.390. The molecule has 0 aliphatic carbocycles. The Balaban J connectivity index is 0.000001000. The molecular weight excluding hydrogens is 175 g/mol. The first-order chi connectivity index (χ1) is 4.75. The van der Waals surface area contributed by atoms with Crippen LogP contribution in [-0.4, -0.2) is 36.8 Å². The number of hydroxylamine groups is 2. The summed E-state index contributed by atoms with van der Waals surface area (Å²) in [7, 11) is 0.